The average molecular weight is 312 g/mol. The number of rotatable bonds is 5. The van der Waals surface area contributed by atoms with E-state index in [1.165, 1.54) is 0 Å². The van der Waals surface area contributed by atoms with Crippen LogP contribution in [0.25, 0.3) is 0 Å². The van der Waals surface area contributed by atoms with Crippen LogP contribution in [-0.4, -0.2) is 17.5 Å². The van der Waals surface area contributed by atoms with E-state index in [1.807, 2.05) is 30.3 Å². The van der Waals surface area contributed by atoms with Crippen molar-refractivity contribution in [3.63, 3.8) is 0 Å². The first-order valence-electron chi connectivity index (χ1n) is 4.24. The van der Waals surface area contributed by atoms with Gasteiger partial charge in [0, 0.05) is 4.43 Å². The van der Waals surface area contributed by atoms with Crippen molar-refractivity contribution in [1.82, 2.24) is 0 Å². The second kappa shape index (κ2) is 6.29. The van der Waals surface area contributed by atoms with Crippen molar-refractivity contribution in [2.24, 2.45) is 0 Å². The Hall–Kier alpha value is -0.230. The summed E-state index contributed by atoms with van der Waals surface area (Å²) in [7, 11) is 0. The summed E-state index contributed by atoms with van der Waals surface area (Å²) in [5, 5.41) is 0. The zero-order valence-corrected chi connectivity index (χ0v) is 9.66. The highest BCUT2D eigenvalue weighted by molar-refractivity contribution is 14.1. The van der Waals surface area contributed by atoms with Crippen LogP contribution < -0.4 is 0 Å². The van der Waals surface area contributed by atoms with Crippen molar-refractivity contribution in [3.8, 4) is 0 Å². The molecule has 4 heteroatoms. The molecule has 1 rings (SSSR count). The third-order valence-corrected chi connectivity index (χ3v) is 2.53. The van der Waals surface area contributed by atoms with Gasteiger partial charge in [-0.3, -0.25) is 0 Å². The molecule has 14 heavy (non-hydrogen) atoms. The summed E-state index contributed by atoms with van der Waals surface area (Å²) in [5.74, 6) is 0. The van der Waals surface area contributed by atoms with Crippen molar-refractivity contribution < 1.29 is 13.5 Å². The van der Waals surface area contributed by atoms with Gasteiger partial charge in [-0.1, -0.05) is 52.9 Å². The summed E-state index contributed by atoms with van der Waals surface area (Å²) in [4.78, 5) is 0. The van der Waals surface area contributed by atoms with Gasteiger partial charge in [0.25, 0.3) is 6.43 Å². The Balaban J connectivity index is 2.54. The smallest absolute Gasteiger partial charge is 0.261 e. The zero-order chi connectivity index (χ0) is 10.4. The van der Waals surface area contributed by atoms with Gasteiger partial charge in [0.15, 0.2) is 0 Å². The summed E-state index contributed by atoms with van der Waals surface area (Å²) in [6.45, 7) is -0.497. The van der Waals surface area contributed by atoms with Crippen LogP contribution in [0.2, 0.25) is 0 Å². The fourth-order valence-corrected chi connectivity index (χ4v) is 1.85. The fraction of sp³-hybridized carbons (Fsp3) is 0.400. The molecule has 0 saturated heterocycles. The highest BCUT2D eigenvalue weighted by atomic mass is 127. The molecule has 1 nitrogen and oxygen atoms in total. The summed E-state index contributed by atoms with van der Waals surface area (Å²) in [6, 6.07) is 9.41. The molecule has 1 unspecified atom stereocenters. The van der Waals surface area contributed by atoms with Gasteiger partial charge in [-0.15, -0.1) is 0 Å². The molecule has 0 fully saturated rings. The first kappa shape index (κ1) is 11.8. The van der Waals surface area contributed by atoms with E-state index in [9.17, 15) is 8.78 Å². The summed E-state index contributed by atoms with van der Waals surface area (Å²) in [6.07, 6.45) is -2.63. The van der Waals surface area contributed by atoms with E-state index in [0.717, 1.165) is 5.56 Å². The Morgan fingerprint density at radius 2 is 1.86 bits per heavy atom. The van der Waals surface area contributed by atoms with Crippen molar-refractivity contribution in [3.05, 3.63) is 35.9 Å². The first-order chi connectivity index (χ1) is 6.74. The molecular weight excluding hydrogens is 301 g/mol. The number of ether oxygens (including phenoxy) is 1. The summed E-state index contributed by atoms with van der Waals surface area (Å²) >= 11 is 2.13. The first-order valence-corrected chi connectivity index (χ1v) is 5.77. The zero-order valence-electron chi connectivity index (χ0n) is 7.50. The van der Waals surface area contributed by atoms with Gasteiger partial charge in [-0.25, -0.2) is 8.78 Å². The lowest BCUT2D eigenvalue weighted by Crippen LogP contribution is -2.11. The molecule has 0 bridgehead atoms. The van der Waals surface area contributed by atoms with Gasteiger partial charge in [0.05, 0.1) is 6.10 Å². The lowest BCUT2D eigenvalue weighted by Gasteiger charge is -2.15. The Kier molecular flexibility index (Phi) is 5.32. The van der Waals surface area contributed by atoms with Crippen molar-refractivity contribution >= 4 is 22.6 Å². The molecule has 0 saturated carbocycles. The molecule has 0 aromatic heterocycles. The van der Waals surface area contributed by atoms with Gasteiger partial charge in [-0.2, -0.15) is 0 Å². The highest BCUT2D eigenvalue weighted by Crippen LogP contribution is 2.20. The monoisotopic (exact) mass is 312 g/mol. The van der Waals surface area contributed by atoms with Crippen LogP contribution >= 0.6 is 22.6 Å². The van der Waals surface area contributed by atoms with Crippen LogP contribution in [0.15, 0.2) is 30.3 Å². The minimum atomic E-state index is -2.40. The quantitative estimate of drug-likeness (QED) is 0.598. The number of halogens is 3. The van der Waals surface area contributed by atoms with Crippen molar-refractivity contribution in [2.75, 3.05) is 11.0 Å². The minimum Gasteiger partial charge on any atom is -0.367 e. The van der Waals surface area contributed by atoms with E-state index in [-0.39, 0.29) is 6.10 Å². The number of hydrogen-bond acceptors (Lipinski definition) is 1. The molecule has 1 atom stereocenters. The molecule has 0 amide bonds. The van der Waals surface area contributed by atoms with Gasteiger partial charge in [0.1, 0.15) is 6.61 Å². The van der Waals surface area contributed by atoms with Gasteiger partial charge >= 0.3 is 0 Å². The SMILES string of the molecule is FC(F)COC(CI)c1ccccc1. The third-order valence-electron chi connectivity index (χ3n) is 1.73. The third kappa shape index (κ3) is 3.88. The van der Waals surface area contributed by atoms with Crippen LogP contribution in [0.4, 0.5) is 8.78 Å². The molecular formula is C10H11F2IO. The maximum Gasteiger partial charge on any atom is 0.261 e. The topological polar surface area (TPSA) is 9.23 Å². The minimum absolute atomic E-state index is 0.231. The summed E-state index contributed by atoms with van der Waals surface area (Å²) < 4.78 is 29.6. The predicted molar refractivity (Wildman–Crippen MR) is 60.0 cm³/mol. The number of alkyl halides is 3. The molecule has 0 aliphatic carbocycles. The lowest BCUT2D eigenvalue weighted by molar-refractivity contribution is -0.0153. The molecule has 0 aliphatic rings. The van der Waals surface area contributed by atoms with E-state index < -0.39 is 13.0 Å². The molecule has 1 aromatic carbocycles. The van der Waals surface area contributed by atoms with E-state index >= 15 is 0 Å². The molecule has 78 valence electrons. The summed E-state index contributed by atoms with van der Waals surface area (Å²) in [5.41, 5.74) is 0.947. The van der Waals surface area contributed by atoms with Crippen molar-refractivity contribution in [1.29, 1.82) is 0 Å². The number of benzene rings is 1. The largest absolute Gasteiger partial charge is 0.367 e. The Morgan fingerprint density at radius 1 is 1.21 bits per heavy atom. The Morgan fingerprint density at radius 3 is 2.36 bits per heavy atom. The predicted octanol–water partition coefficient (Wildman–Crippen LogP) is 3.44. The Bertz CT molecular complexity index is 254. The lowest BCUT2D eigenvalue weighted by atomic mass is 10.1. The second-order valence-electron chi connectivity index (χ2n) is 2.78. The van der Waals surface area contributed by atoms with E-state index in [0.29, 0.717) is 4.43 Å². The van der Waals surface area contributed by atoms with Gasteiger partial charge < -0.3 is 4.74 Å². The maximum absolute atomic E-state index is 11.9. The van der Waals surface area contributed by atoms with Crippen LogP contribution in [-0.2, 0) is 4.74 Å². The van der Waals surface area contributed by atoms with E-state index in [2.05, 4.69) is 22.6 Å². The van der Waals surface area contributed by atoms with Crippen LogP contribution in [0.1, 0.15) is 11.7 Å². The molecule has 0 radical (unpaired) electrons. The molecule has 0 N–H and O–H groups in total. The van der Waals surface area contributed by atoms with Crippen LogP contribution in [0.3, 0.4) is 0 Å². The van der Waals surface area contributed by atoms with Gasteiger partial charge in [-0.05, 0) is 5.56 Å². The molecule has 0 spiro atoms. The van der Waals surface area contributed by atoms with Crippen LogP contribution in [0, 0.1) is 0 Å². The average Bonchev–Trinajstić information content (AvgIpc) is 2.20. The fourth-order valence-electron chi connectivity index (χ4n) is 1.09. The molecule has 0 aliphatic heterocycles. The molecule has 1 aromatic rings. The maximum atomic E-state index is 11.9. The molecule has 0 heterocycles. The normalized spacial score (nSPS) is 13.1. The number of hydrogen-bond donors (Lipinski definition) is 0. The van der Waals surface area contributed by atoms with Crippen molar-refractivity contribution in [2.45, 2.75) is 12.5 Å². The Labute approximate surface area is 95.6 Å². The van der Waals surface area contributed by atoms with E-state index in [1.54, 1.807) is 0 Å². The second-order valence-corrected chi connectivity index (χ2v) is 3.66. The van der Waals surface area contributed by atoms with E-state index in [4.69, 9.17) is 4.74 Å². The highest BCUT2D eigenvalue weighted by Gasteiger charge is 2.12. The van der Waals surface area contributed by atoms with Crippen LogP contribution in [0.5, 0.6) is 0 Å². The standard InChI is InChI=1S/C10H11F2IO/c11-10(12)7-14-9(6-13)8-4-2-1-3-5-8/h1-5,9-10H,6-7H2. The van der Waals surface area contributed by atoms with Gasteiger partial charge in [0.2, 0.25) is 0 Å².